The van der Waals surface area contributed by atoms with Gasteiger partial charge in [0.1, 0.15) is 17.1 Å². The second-order valence-electron chi connectivity index (χ2n) is 14.6. The van der Waals surface area contributed by atoms with E-state index < -0.39 is 0 Å². The van der Waals surface area contributed by atoms with Crippen LogP contribution in [0.2, 0.25) is 0 Å². The molecule has 0 amide bonds. The summed E-state index contributed by atoms with van der Waals surface area (Å²) in [5, 5.41) is 13.2. The number of H-pyrrole nitrogens is 1. The summed E-state index contributed by atoms with van der Waals surface area (Å²) >= 11 is 0. The monoisotopic (exact) mass is 640 g/mol. The van der Waals surface area contributed by atoms with Crippen LogP contribution < -0.4 is 0 Å². The number of phenolic OH excluding ortho intramolecular Hbond substituents is 1. The highest BCUT2D eigenvalue weighted by atomic mass is 16.3. The summed E-state index contributed by atoms with van der Waals surface area (Å²) in [5.41, 5.74) is 15.3. The number of phenols is 1. The highest BCUT2D eigenvalue weighted by Crippen LogP contribution is 2.41. The van der Waals surface area contributed by atoms with Crippen LogP contribution in [0.5, 0.6) is 5.75 Å². The lowest BCUT2D eigenvalue weighted by molar-refractivity contribution is 0.480. The highest BCUT2D eigenvalue weighted by molar-refractivity contribution is 6.03. The minimum atomic E-state index is -0.0519. The van der Waals surface area contributed by atoms with Crippen molar-refractivity contribution in [2.45, 2.75) is 53.9 Å². The Bertz CT molecular complexity index is 2560. The molecule has 3 heterocycles. The minimum Gasteiger partial charge on any atom is -0.506 e. The van der Waals surface area contributed by atoms with Gasteiger partial charge < -0.3 is 10.1 Å². The van der Waals surface area contributed by atoms with Crippen LogP contribution in [0.25, 0.3) is 72.3 Å². The Morgan fingerprint density at radius 1 is 0.653 bits per heavy atom. The number of aromatic amines is 1. The van der Waals surface area contributed by atoms with Crippen molar-refractivity contribution < 1.29 is 5.11 Å². The number of nitrogens with one attached hydrogen (secondary N) is 1. The number of aromatic nitrogens is 4. The zero-order valence-electron chi connectivity index (χ0n) is 29.1. The third-order valence-electron chi connectivity index (χ3n) is 9.54. The third-order valence-corrected chi connectivity index (χ3v) is 9.54. The number of para-hydroxylation sites is 2. The number of aromatic hydroxyl groups is 1. The van der Waals surface area contributed by atoms with Crippen molar-refractivity contribution >= 4 is 32.8 Å². The van der Waals surface area contributed by atoms with Gasteiger partial charge in [-0.2, -0.15) is 0 Å². The summed E-state index contributed by atoms with van der Waals surface area (Å²) in [6.07, 6.45) is 2.01. The molecule has 0 aliphatic heterocycles. The van der Waals surface area contributed by atoms with Gasteiger partial charge in [0, 0.05) is 33.8 Å². The molecule has 0 aliphatic rings. The molecule has 5 heteroatoms. The highest BCUT2D eigenvalue weighted by Gasteiger charge is 2.24. The van der Waals surface area contributed by atoms with E-state index in [9.17, 15) is 5.11 Å². The van der Waals surface area contributed by atoms with Gasteiger partial charge in [0.25, 0.3) is 0 Å². The van der Waals surface area contributed by atoms with E-state index in [0.717, 1.165) is 66.8 Å². The van der Waals surface area contributed by atoms with Gasteiger partial charge in [0.15, 0.2) is 0 Å². The zero-order valence-corrected chi connectivity index (χ0v) is 29.1. The molecular formula is C44H40N4O. The quantitative estimate of drug-likeness (QED) is 0.201. The Balaban J connectivity index is 1.47. The van der Waals surface area contributed by atoms with E-state index in [1.54, 1.807) is 6.07 Å². The van der Waals surface area contributed by atoms with Crippen molar-refractivity contribution in [3.63, 3.8) is 0 Å². The first-order valence-electron chi connectivity index (χ1n) is 16.9. The number of pyridine rings is 1. The molecule has 0 fully saturated rings. The zero-order chi connectivity index (χ0) is 34.2. The Morgan fingerprint density at radius 3 is 2.06 bits per heavy atom. The molecule has 0 spiro atoms. The molecule has 0 saturated heterocycles. The number of hydrogen-bond donors (Lipinski definition) is 2. The molecule has 2 N–H and O–H groups in total. The number of nitrogens with zero attached hydrogens (tertiary/aromatic N) is 3. The Hall–Kier alpha value is -5.68. The maximum Gasteiger partial charge on any atom is 0.147 e. The van der Waals surface area contributed by atoms with E-state index >= 15 is 0 Å². The third kappa shape index (κ3) is 5.26. The summed E-state index contributed by atoms with van der Waals surface area (Å²) < 4.78 is 2.30. The van der Waals surface area contributed by atoms with E-state index in [1.807, 2.05) is 18.3 Å². The molecular weight excluding hydrogens is 601 g/mol. The molecule has 8 rings (SSSR count). The first-order chi connectivity index (χ1) is 23.4. The van der Waals surface area contributed by atoms with Gasteiger partial charge in [0.2, 0.25) is 0 Å². The first kappa shape index (κ1) is 30.6. The molecule has 49 heavy (non-hydrogen) atoms. The smallest absolute Gasteiger partial charge is 0.147 e. The molecule has 0 bridgehead atoms. The van der Waals surface area contributed by atoms with E-state index in [2.05, 4.69) is 137 Å². The van der Waals surface area contributed by atoms with E-state index in [-0.39, 0.29) is 11.2 Å². The fourth-order valence-electron chi connectivity index (χ4n) is 7.35. The lowest BCUT2D eigenvalue weighted by atomic mass is 9.85. The van der Waals surface area contributed by atoms with Gasteiger partial charge in [-0.15, -0.1) is 0 Å². The molecule has 5 aromatic carbocycles. The second kappa shape index (κ2) is 11.2. The van der Waals surface area contributed by atoms with Gasteiger partial charge in [-0.05, 0) is 109 Å². The summed E-state index contributed by atoms with van der Waals surface area (Å²) in [6, 6.07) is 34.1. The second-order valence-corrected chi connectivity index (χ2v) is 14.6. The minimum absolute atomic E-state index is 0.0519. The molecule has 0 radical (unpaired) electrons. The Morgan fingerprint density at radius 2 is 1.35 bits per heavy atom. The van der Waals surface area contributed by atoms with Crippen LogP contribution in [0.4, 0.5) is 0 Å². The number of benzene rings is 5. The maximum absolute atomic E-state index is 11.1. The van der Waals surface area contributed by atoms with Crippen molar-refractivity contribution in [3.05, 3.63) is 131 Å². The van der Waals surface area contributed by atoms with Crippen molar-refractivity contribution in [2.75, 3.05) is 0 Å². The van der Waals surface area contributed by atoms with Gasteiger partial charge >= 0.3 is 0 Å². The predicted molar refractivity (Wildman–Crippen MR) is 204 cm³/mol. The number of imidazole rings is 1. The average Bonchev–Trinajstić information content (AvgIpc) is 3.68. The number of rotatable bonds is 4. The van der Waals surface area contributed by atoms with Crippen LogP contribution in [-0.4, -0.2) is 24.6 Å². The lowest BCUT2D eigenvalue weighted by Gasteiger charge is -2.21. The molecule has 0 aliphatic carbocycles. The summed E-state index contributed by atoms with van der Waals surface area (Å²) in [4.78, 5) is 14.2. The van der Waals surface area contributed by atoms with Crippen molar-refractivity contribution in [3.8, 4) is 45.2 Å². The van der Waals surface area contributed by atoms with Crippen LogP contribution in [0.3, 0.4) is 0 Å². The molecule has 3 aromatic heterocycles. The van der Waals surface area contributed by atoms with E-state index in [1.165, 1.54) is 27.8 Å². The van der Waals surface area contributed by atoms with Crippen molar-refractivity contribution in [1.29, 1.82) is 0 Å². The van der Waals surface area contributed by atoms with Gasteiger partial charge in [-0.3, -0.25) is 4.57 Å². The normalized spacial score (nSPS) is 12.1. The van der Waals surface area contributed by atoms with Crippen molar-refractivity contribution in [1.82, 2.24) is 19.5 Å². The van der Waals surface area contributed by atoms with Crippen LogP contribution in [0.1, 0.15) is 48.6 Å². The summed E-state index contributed by atoms with van der Waals surface area (Å²) in [7, 11) is 0. The van der Waals surface area contributed by atoms with Crippen LogP contribution in [-0.2, 0) is 5.41 Å². The first-order valence-corrected chi connectivity index (χ1v) is 16.9. The molecule has 0 atom stereocenters. The summed E-state index contributed by atoms with van der Waals surface area (Å²) in [6.45, 7) is 15.3. The Kier molecular flexibility index (Phi) is 7.00. The fraction of sp³-hybridized carbons (Fsp3) is 0.182. The van der Waals surface area contributed by atoms with Gasteiger partial charge in [-0.25, -0.2) is 9.97 Å². The molecule has 8 aromatic rings. The maximum atomic E-state index is 11.1. The molecule has 0 unspecified atom stereocenters. The summed E-state index contributed by atoms with van der Waals surface area (Å²) in [5.74, 6) is 1.02. The van der Waals surface area contributed by atoms with E-state index in [4.69, 9.17) is 9.97 Å². The molecule has 242 valence electrons. The largest absolute Gasteiger partial charge is 0.506 e. The fourth-order valence-corrected chi connectivity index (χ4v) is 7.35. The SMILES string of the molecule is Cc1cc(C)cc(-c2cc(-c3cccc4c3nc(-c3cc(C(C)(C)C)cc5cc[nH]c35)n4-c3cc(C)cc(C)c3)nc3c(O)cccc23)c1. The number of fused-ring (bicyclic) bond motifs is 3. The lowest BCUT2D eigenvalue weighted by Crippen LogP contribution is -2.11. The van der Waals surface area contributed by atoms with Gasteiger partial charge in [0.05, 0.1) is 22.2 Å². The van der Waals surface area contributed by atoms with Crippen LogP contribution in [0.15, 0.2) is 103 Å². The number of hydrogen-bond acceptors (Lipinski definition) is 3. The Labute approximate surface area is 286 Å². The standard InChI is InChI=1S/C44H40N4O/c1-25-16-26(2)19-30(18-25)35-24-37(46-42-33(35)10-9-13-39(42)49)34-11-8-12-38-41(34)47-43(48(38)32-20-27(3)17-28(4)21-32)36-23-31(44(5,6)7)22-29-14-15-45-40(29)36/h8-24,45,49H,1-7H3. The van der Waals surface area contributed by atoms with E-state index in [0.29, 0.717) is 5.52 Å². The van der Waals surface area contributed by atoms with Crippen molar-refractivity contribution in [2.24, 2.45) is 0 Å². The van der Waals surface area contributed by atoms with Crippen LogP contribution >= 0.6 is 0 Å². The predicted octanol–water partition coefficient (Wildman–Crippen LogP) is 11.3. The van der Waals surface area contributed by atoms with Crippen LogP contribution in [0, 0.1) is 27.7 Å². The molecule has 5 nitrogen and oxygen atoms in total. The topological polar surface area (TPSA) is 66.7 Å². The number of aryl methyl sites for hydroxylation is 4. The molecule has 0 saturated carbocycles. The van der Waals surface area contributed by atoms with Gasteiger partial charge in [-0.1, -0.05) is 80.4 Å². The average molecular weight is 641 g/mol.